The van der Waals surface area contributed by atoms with E-state index in [4.69, 9.17) is 9.26 Å². The topological polar surface area (TPSA) is 97.5 Å². The molecule has 2 fully saturated rings. The van der Waals surface area contributed by atoms with Crippen molar-refractivity contribution in [3.05, 3.63) is 41.3 Å². The molecule has 150 valence electrons. The van der Waals surface area contributed by atoms with Crippen LogP contribution in [-0.2, 0) is 10.3 Å². The lowest BCUT2D eigenvalue weighted by molar-refractivity contribution is 0.0869. The number of phenolic OH excluding ortho intramolecular Hbond substituents is 1. The number of rotatable bonds is 4. The lowest BCUT2D eigenvalue weighted by Crippen LogP contribution is -2.46. The van der Waals surface area contributed by atoms with Crippen LogP contribution in [0.1, 0.15) is 72.9 Å². The Balaban J connectivity index is 1.66. The van der Waals surface area contributed by atoms with Crippen LogP contribution in [0.25, 0.3) is 0 Å². The first-order chi connectivity index (χ1) is 13.6. The van der Waals surface area contributed by atoms with Crippen LogP contribution >= 0.6 is 0 Å². The van der Waals surface area contributed by atoms with E-state index in [0.717, 1.165) is 38.2 Å². The Labute approximate surface area is 162 Å². The van der Waals surface area contributed by atoms with E-state index in [1.165, 1.54) is 12.1 Å². The van der Waals surface area contributed by atoms with Crippen molar-refractivity contribution < 1.29 is 23.6 Å². The van der Waals surface area contributed by atoms with Crippen LogP contribution in [0.5, 0.6) is 5.75 Å². The second-order valence-electron chi connectivity index (χ2n) is 7.60. The number of hydrogen-bond donors (Lipinski definition) is 2. The fourth-order valence-corrected chi connectivity index (χ4v) is 4.08. The van der Waals surface area contributed by atoms with E-state index < -0.39 is 23.0 Å². The van der Waals surface area contributed by atoms with E-state index in [1.54, 1.807) is 0 Å². The van der Waals surface area contributed by atoms with E-state index >= 15 is 0 Å². The zero-order valence-corrected chi connectivity index (χ0v) is 15.6. The number of carbonyl (C=O) groups is 1. The number of aromatic hydroxyl groups is 1. The summed E-state index contributed by atoms with van der Waals surface area (Å²) < 4.78 is 25.1. The maximum atomic E-state index is 14.2. The smallest absolute Gasteiger partial charge is 0.258 e. The molecule has 7 nitrogen and oxygen atoms in total. The van der Waals surface area contributed by atoms with Crippen molar-refractivity contribution in [1.29, 1.82) is 0 Å². The van der Waals surface area contributed by atoms with Crippen molar-refractivity contribution in [3.63, 3.8) is 0 Å². The van der Waals surface area contributed by atoms with Crippen LogP contribution < -0.4 is 5.32 Å². The number of halogens is 1. The first kappa shape index (κ1) is 18.9. The summed E-state index contributed by atoms with van der Waals surface area (Å²) in [6.07, 6.45) is 5.96. The first-order valence-corrected chi connectivity index (χ1v) is 9.81. The lowest BCUT2D eigenvalue weighted by atomic mass is 9.88. The molecule has 4 rings (SSSR count). The third-order valence-electron chi connectivity index (χ3n) is 5.68. The summed E-state index contributed by atoms with van der Waals surface area (Å²) >= 11 is 0. The molecular weight excluding hydrogens is 365 g/mol. The number of carbonyl (C=O) groups excluding carboxylic acids is 1. The molecule has 2 aromatic rings. The molecule has 0 bridgehead atoms. The zero-order chi connectivity index (χ0) is 19.6. The normalized spacial score (nSPS) is 22.0. The molecule has 2 N–H and O–H groups in total. The molecule has 28 heavy (non-hydrogen) atoms. The van der Waals surface area contributed by atoms with Gasteiger partial charge in [-0.25, -0.2) is 4.39 Å². The number of hydrogen-bond acceptors (Lipinski definition) is 6. The third kappa shape index (κ3) is 3.61. The summed E-state index contributed by atoms with van der Waals surface area (Å²) in [4.78, 5) is 17.5. The average molecular weight is 389 g/mol. The van der Waals surface area contributed by atoms with Crippen LogP contribution in [0.4, 0.5) is 4.39 Å². The highest BCUT2D eigenvalue weighted by Crippen LogP contribution is 2.36. The van der Waals surface area contributed by atoms with Crippen LogP contribution in [-0.4, -0.2) is 34.4 Å². The van der Waals surface area contributed by atoms with Gasteiger partial charge in [0.25, 0.3) is 5.91 Å². The summed E-state index contributed by atoms with van der Waals surface area (Å²) in [6, 6.07) is 3.81. The van der Waals surface area contributed by atoms with Crippen molar-refractivity contribution in [2.45, 2.75) is 56.4 Å². The Morgan fingerprint density at radius 1 is 1.25 bits per heavy atom. The zero-order valence-electron chi connectivity index (χ0n) is 15.6. The van der Waals surface area contributed by atoms with Crippen molar-refractivity contribution in [3.8, 4) is 5.75 Å². The molecule has 1 aromatic carbocycles. The lowest BCUT2D eigenvalue weighted by Gasteiger charge is -2.31. The summed E-state index contributed by atoms with van der Waals surface area (Å²) in [7, 11) is 0. The number of nitrogens with one attached hydrogen (secondary N) is 1. The highest BCUT2D eigenvalue weighted by molar-refractivity contribution is 5.97. The summed E-state index contributed by atoms with van der Waals surface area (Å²) in [5, 5.41) is 17.1. The molecule has 1 saturated carbocycles. The van der Waals surface area contributed by atoms with Gasteiger partial charge in [0.05, 0.1) is 12.5 Å². The Kier molecular flexibility index (Phi) is 5.30. The minimum atomic E-state index is -0.844. The van der Waals surface area contributed by atoms with Gasteiger partial charge in [-0.15, -0.1) is 0 Å². The largest absolute Gasteiger partial charge is 0.507 e. The molecule has 2 aliphatic rings. The molecule has 0 radical (unpaired) electrons. The van der Waals surface area contributed by atoms with Gasteiger partial charge in [0.15, 0.2) is 5.82 Å². The minimum absolute atomic E-state index is 0.0652. The van der Waals surface area contributed by atoms with Crippen LogP contribution in [0.15, 0.2) is 22.7 Å². The van der Waals surface area contributed by atoms with E-state index in [-0.39, 0.29) is 11.5 Å². The Bertz CT molecular complexity index is 819. The quantitative estimate of drug-likeness (QED) is 0.778. The fraction of sp³-hybridized carbons (Fsp3) is 0.550. The minimum Gasteiger partial charge on any atom is -0.507 e. The van der Waals surface area contributed by atoms with Crippen LogP contribution in [0.3, 0.4) is 0 Å². The average Bonchev–Trinajstić information content (AvgIpc) is 3.31. The van der Waals surface area contributed by atoms with Gasteiger partial charge < -0.3 is 19.7 Å². The number of phenols is 1. The monoisotopic (exact) mass is 389 g/mol. The van der Waals surface area contributed by atoms with Gasteiger partial charge in [0.1, 0.15) is 22.7 Å². The molecule has 2 heterocycles. The Morgan fingerprint density at radius 2 is 2.04 bits per heavy atom. The summed E-state index contributed by atoms with van der Waals surface area (Å²) in [6.45, 7) is 1.21. The maximum absolute atomic E-state index is 14.2. The molecule has 0 spiro atoms. The van der Waals surface area contributed by atoms with Gasteiger partial charge in [-0.05, 0) is 31.4 Å². The second-order valence-corrected chi connectivity index (χ2v) is 7.60. The van der Waals surface area contributed by atoms with E-state index in [9.17, 15) is 14.3 Å². The van der Waals surface area contributed by atoms with Crippen LogP contribution in [0, 0.1) is 5.82 Å². The standard InChI is InChI=1S/C20H24FN3O4/c21-14-6-5-7-15(25)16(14)17(26)23-20(9-3-1-2-4-10-20)19-22-18(28-24-19)13-8-11-27-12-13/h5-7,13,25H,1-4,8-12H2,(H,23,26)/t13-/m1/s1. The number of amides is 1. The number of aromatic nitrogens is 2. The number of nitrogens with zero attached hydrogens (tertiary/aromatic N) is 2. The van der Waals surface area contributed by atoms with Crippen LogP contribution in [0.2, 0.25) is 0 Å². The predicted octanol–water partition coefficient (Wildman–Crippen LogP) is 3.40. The van der Waals surface area contributed by atoms with Crippen molar-refractivity contribution in [1.82, 2.24) is 15.5 Å². The van der Waals surface area contributed by atoms with Crippen molar-refractivity contribution in [2.75, 3.05) is 13.2 Å². The fourth-order valence-electron chi connectivity index (χ4n) is 4.08. The molecule has 1 atom stereocenters. The third-order valence-corrected chi connectivity index (χ3v) is 5.68. The molecular formula is C20H24FN3O4. The Morgan fingerprint density at radius 3 is 2.71 bits per heavy atom. The van der Waals surface area contributed by atoms with Gasteiger partial charge >= 0.3 is 0 Å². The first-order valence-electron chi connectivity index (χ1n) is 9.81. The highest BCUT2D eigenvalue weighted by Gasteiger charge is 2.40. The SMILES string of the molecule is O=C(NC1(c2noc([C@@H]3CCOC3)n2)CCCCCC1)c1c(O)cccc1F. The molecule has 8 heteroatoms. The van der Waals surface area contributed by atoms with E-state index in [1.807, 2.05) is 0 Å². The van der Waals surface area contributed by atoms with Gasteiger partial charge in [-0.1, -0.05) is 36.9 Å². The van der Waals surface area contributed by atoms with Gasteiger partial charge in [-0.2, -0.15) is 4.98 Å². The molecule has 1 saturated heterocycles. The molecule has 1 amide bonds. The van der Waals surface area contributed by atoms with Gasteiger partial charge in [-0.3, -0.25) is 4.79 Å². The van der Waals surface area contributed by atoms with Gasteiger partial charge in [0.2, 0.25) is 5.89 Å². The number of ether oxygens (including phenoxy) is 1. The Hall–Kier alpha value is -2.48. The summed E-state index contributed by atoms with van der Waals surface area (Å²) in [5.74, 6) is -0.834. The van der Waals surface area contributed by atoms with E-state index in [2.05, 4.69) is 15.5 Å². The summed E-state index contributed by atoms with van der Waals surface area (Å²) in [5.41, 5.74) is -1.21. The highest BCUT2D eigenvalue weighted by atomic mass is 19.1. The molecule has 1 aliphatic heterocycles. The van der Waals surface area contributed by atoms with Gasteiger partial charge in [0, 0.05) is 6.61 Å². The second kappa shape index (κ2) is 7.87. The van der Waals surface area contributed by atoms with Crippen molar-refractivity contribution in [2.24, 2.45) is 0 Å². The number of benzene rings is 1. The molecule has 1 aromatic heterocycles. The maximum Gasteiger partial charge on any atom is 0.258 e. The van der Waals surface area contributed by atoms with E-state index in [0.29, 0.717) is 37.8 Å². The van der Waals surface area contributed by atoms with Crippen molar-refractivity contribution >= 4 is 5.91 Å². The molecule has 0 unspecified atom stereocenters. The predicted molar refractivity (Wildman–Crippen MR) is 97.4 cm³/mol. The molecule has 1 aliphatic carbocycles.